The van der Waals surface area contributed by atoms with Gasteiger partial charge < -0.3 is 10.2 Å². The number of hydrogen-bond donors (Lipinski definition) is 2. The summed E-state index contributed by atoms with van der Waals surface area (Å²) in [6, 6.07) is 3.95. The summed E-state index contributed by atoms with van der Waals surface area (Å²) in [5.74, 6) is 0. The molecule has 0 amide bonds. The Morgan fingerprint density at radius 1 is 1.30 bits per heavy atom. The van der Waals surface area contributed by atoms with Crippen LogP contribution in [-0.4, -0.2) is 24.4 Å². The lowest BCUT2D eigenvalue weighted by atomic mass is 10.0. The van der Waals surface area contributed by atoms with Crippen LogP contribution in [0.2, 0.25) is 19.6 Å². The largest absolute Gasteiger partial charge is 0.393 e. The molecule has 1 aromatic rings. The predicted molar refractivity (Wildman–Crippen MR) is 90.9 cm³/mol. The summed E-state index contributed by atoms with van der Waals surface area (Å²) in [6.45, 7) is 8.95. The van der Waals surface area contributed by atoms with E-state index < -0.39 is 14.2 Å². The minimum Gasteiger partial charge on any atom is -0.393 e. The van der Waals surface area contributed by atoms with Crippen molar-refractivity contribution in [1.82, 2.24) is 0 Å². The van der Waals surface area contributed by atoms with Crippen molar-refractivity contribution in [3.8, 4) is 0 Å². The molecule has 2 atom stereocenters. The van der Waals surface area contributed by atoms with Gasteiger partial charge in [0.1, 0.15) is 0 Å². The molecule has 0 aromatic carbocycles. The molecule has 0 radical (unpaired) electrons. The molecule has 114 valence electrons. The zero-order valence-electron chi connectivity index (χ0n) is 13.1. The number of aliphatic hydroxyl groups is 2. The van der Waals surface area contributed by atoms with E-state index in [1.54, 1.807) is 11.3 Å². The maximum atomic E-state index is 10.3. The summed E-state index contributed by atoms with van der Waals surface area (Å²) >= 11 is 1.59. The zero-order chi connectivity index (χ0) is 15.2. The molecule has 0 aliphatic carbocycles. The normalized spacial score (nSPS) is 16.2. The predicted octanol–water partition coefficient (Wildman–Crippen LogP) is 4.53. The highest BCUT2D eigenvalue weighted by Gasteiger charge is 2.18. The van der Waals surface area contributed by atoms with E-state index in [0.717, 1.165) is 17.7 Å². The van der Waals surface area contributed by atoms with Crippen molar-refractivity contribution >= 4 is 19.4 Å². The van der Waals surface area contributed by atoms with E-state index in [4.69, 9.17) is 0 Å². The van der Waals surface area contributed by atoms with Crippen molar-refractivity contribution in [2.75, 3.05) is 0 Å². The second kappa shape index (κ2) is 8.13. The fourth-order valence-electron chi connectivity index (χ4n) is 2.38. The van der Waals surface area contributed by atoms with Crippen LogP contribution >= 0.6 is 11.3 Å². The molecule has 0 saturated heterocycles. The summed E-state index contributed by atoms with van der Waals surface area (Å²) in [7, 11) is -1.34. The van der Waals surface area contributed by atoms with Crippen molar-refractivity contribution in [1.29, 1.82) is 0 Å². The second-order valence-corrected chi connectivity index (χ2v) is 12.6. The Labute approximate surface area is 128 Å². The maximum Gasteiger partial charge on any atom is 0.0918 e. The highest BCUT2D eigenvalue weighted by atomic mass is 32.1. The molecule has 2 nitrogen and oxygen atoms in total. The first-order chi connectivity index (χ1) is 9.31. The van der Waals surface area contributed by atoms with Crippen LogP contribution in [0, 0.1) is 0 Å². The molecule has 1 heterocycles. The van der Waals surface area contributed by atoms with Crippen LogP contribution in [0.5, 0.6) is 0 Å². The van der Waals surface area contributed by atoms with Crippen molar-refractivity contribution in [3.05, 3.63) is 33.7 Å². The molecule has 2 N–H and O–H groups in total. The minimum absolute atomic E-state index is 0.280. The van der Waals surface area contributed by atoms with Gasteiger partial charge >= 0.3 is 0 Å². The van der Waals surface area contributed by atoms with E-state index >= 15 is 0 Å². The van der Waals surface area contributed by atoms with Crippen LogP contribution < -0.4 is 0 Å². The van der Waals surface area contributed by atoms with Crippen LogP contribution in [0.3, 0.4) is 0 Å². The van der Waals surface area contributed by atoms with Crippen LogP contribution in [0.4, 0.5) is 0 Å². The summed E-state index contributed by atoms with van der Waals surface area (Å²) in [4.78, 5) is 1.01. The molecule has 0 aliphatic rings. The third-order valence-corrected chi connectivity index (χ3v) is 5.33. The van der Waals surface area contributed by atoms with Gasteiger partial charge in [-0.25, -0.2) is 0 Å². The van der Waals surface area contributed by atoms with E-state index in [9.17, 15) is 10.2 Å². The molecule has 2 unspecified atom stereocenters. The summed E-state index contributed by atoms with van der Waals surface area (Å²) in [5, 5.41) is 22.4. The Hall–Kier alpha value is -0.423. The SMILES string of the molecule is CCCC(O)C/C(=C/[Si](C)(C)C)CC(O)c1cccs1. The third kappa shape index (κ3) is 6.84. The lowest BCUT2D eigenvalue weighted by molar-refractivity contribution is 0.151. The van der Waals surface area contributed by atoms with Gasteiger partial charge in [-0.1, -0.05) is 50.3 Å². The molecule has 20 heavy (non-hydrogen) atoms. The Balaban J connectivity index is 2.75. The molecule has 0 fully saturated rings. The van der Waals surface area contributed by atoms with Gasteiger partial charge in [0, 0.05) is 4.88 Å². The first kappa shape index (κ1) is 17.6. The highest BCUT2D eigenvalue weighted by Crippen LogP contribution is 2.28. The van der Waals surface area contributed by atoms with E-state index in [1.165, 1.54) is 5.57 Å². The van der Waals surface area contributed by atoms with Gasteiger partial charge in [0.15, 0.2) is 0 Å². The molecule has 0 bridgehead atoms. The van der Waals surface area contributed by atoms with Gasteiger partial charge in [-0.2, -0.15) is 0 Å². The van der Waals surface area contributed by atoms with Crippen LogP contribution in [0.1, 0.15) is 43.6 Å². The second-order valence-electron chi connectivity index (χ2n) is 6.55. The molecule has 1 aromatic heterocycles. The monoisotopic (exact) mass is 312 g/mol. The van der Waals surface area contributed by atoms with Crippen molar-refractivity contribution < 1.29 is 10.2 Å². The average molecular weight is 313 g/mol. The Kier molecular flexibility index (Phi) is 7.16. The van der Waals surface area contributed by atoms with E-state index in [2.05, 4.69) is 32.3 Å². The van der Waals surface area contributed by atoms with Gasteiger partial charge in [-0.05, 0) is 30.7 Å². The van der Waals surface area contributed by atoms with Crippen LogP contribution in [0.25, 0.3) is 0 Å². The van der Waals surface area contributed by atoms with Crippen LogP contribution in [0.15, 0.2) is 28.8 Å². The molecule has 4 heteroatoms. The Morgan fingerprint density at radius 3 is 2.50 bits per heavy atom. The lowest BCUT2D eigenvalue weighted by Crippen LogP contribution is -2.19. The topological polar surface area (TPSA) is 40.5 Å². The fraction of sp³-hybridized carbons (Fsp3) is 0.625. The lowest BCUT2D eigenvalue weighted by Gasteiger charge is -2.19. The number of hydrogen-bond acceptors (Lipinski definition) is 3. The Bertz CT molecular complexity index is 407. The first-order valence-electron chi connectivity index (χ1n) is 7.42. The number of rotatable bonds is 8. The minimum atomic E-state index is -1.34. The molecular weight excluding hydrogens is 284 g/mol. The molecule has 1 rings (SSSR count). The number of aliphatic hydroxyl groups excluding tert-OH is 2. The molecule has 0 aliphatic heterocycles. The summed E-state index contributed by atoms with van der Waals surface area (Å²) < 4.78 is 0. The van der Waals surface area contributed by atoms with Gasteiger partial charge in [0.25, 0.3) is 0 Å². The maximum absolute atomic E-state index is 10.3. The van der Waals surface area contributed by atoms with Crippen molar-refractivity contribution in [2.45, 2.75) is 64.5 Å². The Morgan fingerprint density at radius 2 is 2.00 bits per heavy atom. The quantitative estimate of drug-likeness (QED) is 0.693. The fourth-order valence-corrected chi connectivity index (χ4v) is 4.55. The van der Waals surface area contributed by atoms with E-state index in [-0.39, 0.29) is 6.10 Å². The number of thiophene rings is 1. The van der Waals surface area contributed by atoms with Gasteiger partial charge in [0.05, 0.1) is 20.3 Å². The first-order valence-corrected chi connectivity index (χ1v) is 11.9. The van der Waals surface area contributed by atoms with Gasteiger partial charge in [-0.15, -0.1) is 11.3 Å². The van der Waals surface area contributed by atoms with Crippen LogP contribution in [-0.2, 0) is 0 Å². The van der Waals surface area contributed by atoms with Crippen molar-refractivity contribution in [3.63, 3.8) is 0 Å². The zero-order valence-corrected chi connectivity index (χ0v) is 14.9. The third-order valence-electron chi connectivity index (χ3n) is 3.08. The van der Waals surface area contributed by atoms with E-state index in [0.29, 0.717) is 12.8 Å². The van der Waals surface area contributed by atoms with E-state index in [1.807, 2.05) is 17.5 Å². The summed E-state index contributed by atoms with van der Waals surface area (Å²) in [6.07, 6.45) is 2.45. The van der Waals surface area contributed by atoms with Crippen molar-refractivity contribution in [2.24, 2.45) is 0 Å². The summed E-state index contributed by atoms with van der Waals surface area (Å²) in [5.41, 5.74) is 3.55. The highest BCUT2D eigenvalue weighted by molar-refractivity contribution is 7.10. The molecular formula is C16H28O2SSi. The van der Waals surface area contributed by atoms with Gasteiger partial charge in [-0.3, -0.25) is 0 Å². The van der Waals surface area contributed by atoms with Gasteiger partial charge in [0.2, 0.25) is 0 Å². The average Bonchev–Trinajstić information content (AvgIpc) is 2.79. The molecule has 0 saturated carbocycles. The standard InChI is InChI=1S/C16H28O2SSi/c1-5-7-14(17)10-13(12-20(2,3)4)11-15(18)16-8-6-9-19-16/h6,8-9,12,14-15,17-18H,5,7,10-11H2,1-4H3/b13-12-. The molecule has 0 spiro atoms. The smallest absolute Gasteiger partial charge is 0.0918 e.